The Kier molecular flexibility index (Phi) is 7.84. The number of fused-ring (bicyclic) bond motifs is 6. The molecule has 2 aromatic heterocycles. The lowest BCUT2D eigenvalue weighted by Gasteiger charge is -2.28. The molecule has 0 amide bonds. The summed E-state index contributed by atoms with van der Waals surface area (Å²) in [6, 6.07) is 72.1. The van der Waals surface area contributed by atoms with Crippen molar-refractivity contribution in [3.8, 4) is 67.3 Å². The van der Waals surface area contributed by atoms with E-state index >= 15 is 0 Å². The molecule has 0 saturated carbocycles. The Morgan fingerprint density at radius 1 is 0.404 bits per heavy atom. The molecule has 8 aromatic carbocycles. The SMILES string of the molecule is CC1(c2ccccc2)c2ccccc2-c2c(-c3cc(-c4ccc(-c5ccc(-c6cccc7c6sc6ccccc67)cc5)cc4)nc(-c4ccccc4)n3)cccc21. The van der Waals surface area contributed by atoms with Crippen molar-refractivity contribution >= 4 is 31.5 Å². The smallest absolute Gasteiger partial charge is 0.160 e. The Labute approximate surface area is 336 Å². The molecule has 57 heavy (non-hydrogen) atoms. The predicted molar refractivity (Wildman–Crippen MR) is 240 cm³/mol. The topological polar surface area (TPSA) is 25.8 Å². The largest absolute Gasteiger partial charge is 0.228 e. The van der Waals surface area contributed by atoms with Crippen LogP contribution in [0.1, 0.15) is 23.6 Å². The summed E-state index contributed by atoms with van der Waals surface area (Å²) in [4.78, 5) is 10.5. The number of benzene rings is 8. The number of aromatic nitrogens is 2. The van der Waals surface area contributed by atoms with Gasteiger partial charge < -0.3 is 0 Å². The third-order valence-electron chi connectivity index (χ3n) is 11.8. The minimum absolute atomic E-state index is 0.290. The van der Waals surface area contributed by atoms with Crippen molar-refractivity contribution in [3.63, 3.8) is 0 Å². The Hall–Kier alpha value is -6.94. The fraction of sp³-hybridized carbons (Fsp3) is 0.0370. The fourth-order valence-electron chi connectivity index (χ4n) is 8.94. The Balaban J connectivity index is 0.985. The molecule has 268 valence electrons. The lowest BCUT2D eigenvalue weighted by Crippen LogP contribution is -2.22. The average Bonchev–Trinajstić information content (AvgIpc) is 3.80. The summed E-state index contributed by atoms with van der Waals surface area (Å²) in [5, 5.41) is 2.65. The van der Waals surface area contributed by atoms with Crippen molar-refractivity contribution in [3.05, 3.63) is 217 Å². The normalized spacial score (nSPS) is 14.5. The minimum Gasteiger partial charge on any atom is -0.228 e. The molecule has 0 saturated heterocycles. The van der Waals surface area contributed by atoms with Crippen molar-refractivity contribution in [1.29, 1.82) is 0 Å². The third kappa shape index (κ3) is 5.46. The first-order valence-corrected chi connectivity index (χ1v) is 20.3. The molecule has 1 unspecified atom stereocenters. The standard InChI is InChI=1S/C54H36N2S/c1-54(40-16-6-3-7-17-40)46-23-10-8-19-44(46)51-45(22-13-24-47(51)54)49-34-48(55-53(56-49)39-14-4-2-5-15-39)38-32-28-36(29-33-38)35-26-30-37(31-27-35)41-20-12-21-43-42-18-9-11-25-50(42)57-52(41)43/h2-34H,1H3. The van der Waals surface area contributed by atoms with Crippen molar-refractivity contribution in [1.82, 2.24) is 9.97 Å². The zero-order valence-electron chi connectivity index (χ0n) is 31.4. The second-order valence-corrected chi connectivity index (χ2v) is 16.1. The summed E-state index contributed by atoms with van der Waals surface area (Å²) < 4.78 is 2.66. The van der Waals surface area contributed by atoms with Crippen LogP contribution in [0.4, 0.5) is 0 Å². The zero-order valence-corrected chi connectivity index (χ0v) is 32.2. The van der Waals surface area contributed by atoms with E-state index in [1.165, 1.54) is 70.2 Å². The maximum Gasteiger partial charge on any atom is 0.160 e. The molecular formula is C54H36N2S. The third-order valence-corrected chi connectivity index (χ3v) is 13.1. The van der Waals surface area contributed by atoms with Crippen molar-refractivity contribution < 1.29 is 0 Å². The van der Waals surface area contributed by atoms with Crippen molar-refractivity contribution in [2.24, 2.45) is 0 Å². The van der Waals surface area contributed by atoms with Gasteiger partial charge >= 0.3 is 0 Å². The van der Waals surface area contributed by atoms with Gasteiger partial charge in [-0.15, -0.1) is 11.3 Å². The monoisotopic (exact) mass is 744 g/mol. The van der Waals surface area contributed by atoms with E-state index < -0.39 is 0 Å². The molecule has 2 heterocycles. The molecule has 10 aromatic rings. The summed E-state index contributed by atoms with van der Waals surface area (Å²) in [7, 11) is 0. The van der Waals surface area contributed by atoms with E-state index in [0.717, 1.165) is 28.1 Å². The average molecular weight is 745 g/mol. The van der Waals surface area contributed by atoms with Gasteiger partial charge in [-0.25, -0.2) is 9.97 Å². The maximum atomic E-state index is 5.29. The zero-order chi connectivity index (χ0) is 37.9. The van der Waals surface area contributed by atoms with E-state index in [1.54, 1.807) is 0 Å². The quantitative estimate of drug-likeness (QED) is 0.169. The van der Waals surface area contributed by atoms with E-state index in [-0.39, 0.29) is 5.41 Å². The van der Waals surface area contributed by atoms with Gasteiger partial charge in [0.2, 0.25) is 0 Å². The first-order chi connectivity index (χ1) is 28.1. The van der Waals surface area contributed by atoms with Gasteiger partial charge in [0.15, 0.2) is 5.82 Å². The summed E-state index contributed by atoms with van der Waals surface area (Å²) in [6.45, 7) is 2.36. The van der Waals surface area contributed by atoms with Gasteiger partial charge in [0.05, 0.1) is 11.4 Å². The molecule has 0 spiro atoms. The van der Waals surface area contributed by atoms with Crippen LogP contribution in [0.3, 0.4) is 0 Å². The Morgan fingerprint density at radius 2 is 0.965 bits per heavy atom. The molecule has 0 fully saturated rings. The maximum absolute atomic E-state index is 5.29. The highest BCUT2D eigenvalue weighted by atomic mass is 32.1. The minimum atomic E-state index is -0.290. The molecule has 3 heteroatoms. The van der Waals surface area contributed by atoms with Gasteiger partial charge in [-0.3, -0.25) is 0 Å². The van der Waals surface area contributed by atoms with Crippen LogP contribution in [-0.4, -0.2) is 9.97 Å². The van der Waals surface area contributed by atoms with Gasteiger partial charge in [0.1, 0.15) is 0 Å². The number of thiophene rings is 1. The molecule has 0 N–H and O–H groups in total. The Morgan fingerprint density at radius 3 is 1.75 bits per heavy atom. The fourth-order valence-corrected chi connectivity index (χ4v) is 10.2. The number of nitrogens with zero attached hydrogens (tertiary/aromatic N) is 2. The van der Waals surface area contributed by atoms with Gasteiger partial charge in [-0.2, -0.15) is 0 Å². The first-order valence-electron chi connectivity index (χ1n) is 19.5. The molecule has 2 nitrogen and oxygen atoms in total. The summed E-state index contributed by atoms with van der Waals surface area (Å²) >= 11 is 1.87. The summed E-state index contributed by atoms with van der Waals surface area (Å²) in [5.41, 5.74) is 15.9. The van der Waals surface area contributed by atoms with Crippen LogP contribution in [-0.2, 0) is 5.41 Å². The van der Waals surface area contributed by atoms with Crippen LogP contribution in [0.2, 0.25) is 0 Å². The summed E-state index contributed by atoms with van der Waals surface area (Å²) in [5.74, 6) is 0.714. The molecule has 1 atom stereocenters. The van der Waals surface area contributed by atoms with Crippen LogP contribution < -0.4 is 0 Å². The number of rotatable bonds is 6. The van der Waals surface area contributed by atoms with Crippen LogP contribution >= 0.6 is 11.3 Å². The van der Waals surface area contributed by atoms with Crippen molar-refractivity contribution in [2.75, 3.05) is 0 Å². The van der Waals surface area contributed by atoms with E-state index in [2.05, 4.69) is 201 Å². The number of hydrogen-bond donors (Lipinski definition) is 0. The molecule has 1 aliphatic rings. The van der Waals surface area contributed by atoms with Crippen LogP contribution in [0.15, 0.2) is 200 Å². The highest BCUT2D eigenvalue weighted by Gasteiger charge is 2.41. The first kappa shape index (κ1) is 33.4. The van der Waals surface area contributed by atoms with Gasteiger partial charge in [0, 0.05) is 42.3 Å². The molecule has 0 aliphatic heterocycles. The molecule has 1 aliphatic carbocycles. The lowest BCUT2D eigenvalue weighted by atomic mass is 9.74. The predicted octanol–water partition coefficient (Wildman–Crippen LogP) is 14.5. The van der Waals surface area contributed by atoms with E-state index in [4.69, 9.17) is 9.97 Å². The second kappa shape index (κ2) is 13.4. The number of hydrogen-bond acceptors (Lipinski definition) is 3. The molecule has 11 rings (SSSR count). The molecule has 0 radical (unpaired) electrons. The van der Waals surface area contributed by atoms with Gasteiger partial charge in [-0.1, -0.05) is 188 Å². The van der Waals surface area contributed by atoms with Crippen LogP contribution in [0.5, 0.6) is 0 Å². The van der Waals surface area contributed by atoms with Gasteiger partial charge in [0.25, 0.3) is 0 Å². The lowest BCUT2D eigenvalue weighted by molar-refractivity contribution is 0.714. The highest BCUT2D eigenvalue weighted by molar-refractivity contribution is 7.26. The van der Waals surface area contributed by atoms with Crippen LogP contribution in [0, 0.1) is 0 Å². The van der Waals surface area contributed by atoms with Gasteiger partial charge in [-0.05, 0) is 69.1 Å². The van der Waals surface area contributed by atoms with E-state index in [9.17, 15) is 0 Å². The Bertz CT molecular complexity index is 3110. The highest BCUT2D eigenvalue weighted by Crippen LogP contribution is 2.55. The van der Waals surface area contributed by atoms with Crippen molar-refractivity contribution in [2.45, 2.75) is 12.3 Å². The molecular weight excluding hydrogens is 709 g/mol. The molecule has 0 bridgehead atoms. The second-order valence-electron chi connectivity index (χ2n) is 15.0. The van der Waals surface area contributed by atoms with Crippen LogP contribution in [0.25, 0.3) is 87.5 Å². The van der Waals surface area contributed by atoms with E-state index in [1.807, 2.05) is 17.4 Å². The summed E-state index contributed by atoms with van der Waals surface area (Å²) in [6.07, 6.45) is 0. The van der Waals surface area contributed by atoms with E-state index in [0.29, 0.717) is 5.82 Å².